The molecule has 4 heteroatoms. The van der Waals surface area contributed by atoms with Crippen molar-refractivity contribution in [3.8, 4) is 0 Å². The molecular formula is C12H22INO2. The minimum atomic E-state index is 0. The second-order valence-electron chi connectivity index (χ2n) is 5.27. The van der Waals surface area contributed by atoms with Crippen molar-refractivity contribution in [2.45, 2.75) is 25.7 Å². The molecule has 1 saturated carbocycles. The van der Waals surface area contributed by atoms with E-state index in [9.17, 15) is 4.79 Å². The first-order chi connectivity index (χ1) is 7.20. The number of ether oxygens (including phenoxy) is 1. The molecular weight excluding hydrogens is 317 g/mol. The van der Waals surface area contributed by atoms with Crippen molar-refractivity contribution >= 4 is 5.78 Å². The SMILES string of the molecule is C[N+]1(CC2CCCCC2=O)CCOCC1.[I-]. The highest BCUT2D eigenvalue weighted by atomic mass is 127. The van der Waals surface area contributed by atoms with E-state index in [0.29, 0.717) is 11.7 Å². The molecule has 0 bridgehead atoms. The minimum absolute atomic E-state index is 0. The van der Waals surface area contributed by atoms with E-state index in [2.05, 4.69) is 7.05 Å². The molecule has 0 amide bonds. The van der Waals surface area contributed by atoms with Gasteiger partial charge in [-0.05, 0) is 12.8 Å². The maximum absolute atomic E-state index is 11.8. The fraction of sp³-hybridized carbons (Fsp3) is 0.917. The Morgan fingerprint density at radius 2 is 2.00 bits per heavy atom. The molecule has 2 aliphatic rings. The topological polar surface area (TPSA) is 26.3 Å². The van der Waals surface area contributed by atoms with E-state index >= 15 is 0 Å². The number of quaternary nitrogens is 1. The summed E-state index contributed by atoms with van der Waals surface area (Å²) in [7, 11) is 2.27. The number of carbonyl (C=O) groups is 1. The average Bonchev–Trinajstić information content (AvgIpc) is 2.22. The van der Waals surface area contributed by atoms with Crippen LogP contribution in [0.5, 0.6) is 0 Å². The van der Waals surface area contributed by atoms with Crippen LogP contribution in [0.25, 0.3) is 0 Å². The van der Waals surface area contributed by atoms with Gasteiger partial charge in [-0.25, -0.2) is 0 Å². The second-order valence-corrected chi connectivity index (χ2v) is 5.27. The van der Waals surface area contributed by atoms with Crippen LogP contribution in [0.1, 0.15) is 25.7 Å². The lowest BCUT2D eigenvalue weighted by Gasteiger charge is -2.40. The van der Waals surface area contributed by atoms with E-state index in [0.717, 1.165) is 56.6 Å². The molecule has 1 heterocycles. The number of halogens is 1. The predicted octanol–water partition coefficient (Wildman–Crippen LogP) is -1.77. The van der Waals surface area contributed by atoms with Gasteiger partial charge in [0.25, 0.3) is 0 Å². The molecule has 0 aromatic heterocycles. The van der Waals surface area contributed by atoms with Crippen molar-refractivity contribution in [2.24, 2.45) is 5.92 Å². The van der Waals surface area contributed by atoms with Crippen LogP contribution in [-0.2, 0) is 9.53 Å². The van der Waals surface area contributed by atoms with Gasteiger partial charge in [0.2, 0.25) is 0 Å². The molecule has 16 heavy (non-hydrogen) atoms. The van der Waals surface area contributed by atoms with Crippen LogP contribution in [0.3, 0.4) is 0 Å². The Hall–Kier alpha value is 0.320. The summed E-state index contributed by atoms with van der Waals surface area (Å²) in [6.45, 7) is 4.91. The molecule has 3 nitrogen and oxygen atoms in total. The summed E-state index contributed by atoms with van der Waals surface area (Å²) in [5, 5.41) is 0. The third-order valence-electron chi connectivity index (χ3n) is 3.89. The number of hydrogen-bond acceptors (Lipinski definition) is 2. The Morgan fingerprint density at radius 1 is 1.31 bits per heavy atom. The quantitative estimate of drug-likeness (QED) is 0.440. The van der Waals surface area contributed by atoms with Gasteiger partial charge < -0.3 is 33.2 Å². The summed E-state index contributed by atoms with van der Waals surface area (Å²) in [5.41, 5.74) is 0. The molecule has 1 aliphatic carbocycles. The number of likely N-dealkylation sites (N-methyl/N-ethyl adjacent to an activating group) is 1. The first-order valence-electron chi connectivity index (χ1n) is 6.14. The summed E-state index contributed by atoms with van der Waals surface area (Å²) in [5.74, 6) is 0.842. The maximum Gasteiger partial charge on any atom is 0.141 e. The molecule has 0 spiro atoms. The summed E-state index contributed by atoms with van der Waals surface area (Å²) >= 11 is 0. The Labute approximate surface area is 115 Å². The molecule has 0 radical (unpaired) electrons. The summed E-state index contributed by atoms with van der Waals surface area (Å²) < 4.78 is 6.42. The standard InChI is InChI=1S/C12H22NO2.HI/c1-13(6-8-15-9-7-13)10-11-4-2-3-5-12(11)14;/h11H,2-10H2,1H3;1H/q+1;/p-1. The van der Waals surface area contributed by atoms with Crippen LogP contribution in [0.4, 0.5) is 0 Å². The lowest BCUT2D eigenvalue weighted by Crippen LogP contribution is -3.00. The normalized spacial score (nSPS) is 29.6. The van der Waals surface area contributed by atoms with Gasteiger partial charge in [0.15, 0.2) is 0 Å². The van der Waals surface area contributed by atoms with E-state index in [1.807, 2.05) is 0 Å². The highest BCUT2D eigenvalue weighted by Crippen LogP contribution is 2.24. The lowest BCUT2D eigenvalue weighted by molar-refractivity contribution is -0.919. The fourth-order valence-corrected chi connectivity index (χ4v) is 2.75. The van der Waals surface area contributed by atoms with Crippen molar-refractivity contribution in [3.05, 3.63) is 0 Å². The van der Waals surface area contributed by atoms with Crippen LogP contribution < -0.4 is 24.0 Å². The lowest BCUT2D eigenvalue weighted by atomic mass is 9.87. The van der Waals surface area contributed by atoms with Gasteiger partial charge in [-0.2, -0.15) is 0 Å². The van der Waals surface area contributed by atoms with Gasteiger partial charge in [0.05, 0.1) is 32.7 Å². The van der Waals surface area contributed by atoms with Crippen LogP contribution >= 0.6 is 0 Å². The largest absolute Gasteiger partial charge is 1.00 e. The predicted molar refractivity (Wildman–Crippen MR) is 58.6 cm³/mol. The number of ketones is 1. The van der Waals surface area contributed by atoms with Gasteiger partial charge in [0, 0.05) is 6.42 Å². The Bertz CT molecular complexity index is 239. The van der Waals surface area contributed by atoms with Crippen LogP contribution in [0.15, 0.2) is 0 Å². The molecule has 0 N–H and O–H groups in total. The minimum Gasteiger partial charge on any atom is -1.00 e. The van der Waals surface area contributed by atoms with Gasteiger partial charge in [0.1, 0.15) is 18.9 Å². The second kappa shape index (κ2) is 6.31. The third-order valence-corrected chi connectivity index (χ3v) is 3.89. The zero-order valence-electron chi connectivity index (χ0n) is 10.1. The number of nitrogens with zero attached hydrogens (tertiary/aromatic N) is 1. The van der Waals surface area contributed by atoms with E-state index in [-0.39, 0.29) is 24.0 Å². The summed E-state index contributed by atoms with van der Waals surface area (Å²) in [6.07, 6.45) is 4.30. The average molecular weight is 339 g/mol. The van der Waals surface area contributed by atoms with Crippen LogP contribution in [0, 0.1) is 5.92 Å². The zero-order chi connectivity index (χ0) is 10.7. The van der Waals surface area contributed by atoms with E-state index in [4.69, 9.17) is 4.74 Å². The van der Waals surface area contributed by atoms with Crippen molar-refractivity contribution in [1.29, 1.82) is 0 Å². The van der Waals surface area contributed by atoms with Gasteiger partial charge in [-0.3, -0.25) is 4.79 Å². The number of rotatable bonds is 2. The van der Waals surface area contributed by atoms with Gasteiger partial charge in [-0.1, -0.05) is 6.42 Å². The van der Waals surface area contributed by atoms with Gasteiger partial charge in [-0.15, -0.1) is 0 Å². The molecule has 1 aliphatic heterocycles. The molecule has 0 aromatic carbocycles. The van der Waals surface area contributed by atoms with Crippen molar-refractivity contribution in [2.75, 3.05) is 39.9 Å². The molecule has 1 saturated heterocycles. The Balaban J connectivity index is 0.00000128. The first kappa shape index (κ1) is 14.4. The first-order valence-corrected chi connectivity index (χ1v) is 6.14. The molecule has 1 atom stereocenters. The van der Waals surface area contributed by atoms with E-state index < -0.39 is 0 Å². The smallest absolute Gasteiger partial charge is 0.141 e. The molecule has 2 fully saturated rings. The molecule has 1 unspecified atom stereocenters. The van der Waals surface area contributed by atoms with Crippen molar-refractivity contribution in [1.82, 2.24) is 0 Å². The number of Topliss-reactive ketones (excluding diaryl/α,β-unsaturated/α-hetero) is 1. The molecule has 0 aromatic rings. The van der Waals surface area contributed by atoms with Crippen LogP contribution in [0.2, 0.25) is 0 Å². The third kappa shape index (κ3) is 3.67. The van der Waals surface area contributed by atoms with Crippen molar-refractivity contribution in [3.63, 3.8) is 0 Å². The Morgan fingerprint density at radius 3 is 2.62 bits per heavy atom. The number of morpholine rings is 1. The summed E-state index contributed by atoms with van der Waals surface area (Å²) in [6, 6.07) is 0. The molecule has 2 rings (SSSR count). The molecule has 94 valence electrons. The number of carbonyl (C=O) groups excluding carboxylic acids is 1. The summed E-state index contributed by atoms with van der Waals surface area (Å²) in [4.78, 5) is 11.8. The zero-order valence-corrected chi connectivity index (χ0v) is 12.2. The Kier molecular flexibility index (Phi) is 5.67. The highest BCUT2D eigenvalue weighted by Gasteiger charge is 2.33. The van der Waals surface area contributed by atoms with E-state index in [1.54, 1.807) is 0 Å². The van der Waals surface area contributed by atoms with Crippen molar-refractivity contribution < 1.29 is 38.0 Å². The highest BCUT2D eigenvalue weighted by molar-refractivity contribution is 5.81. The van der Waals surface area contributed by atoms with Crippen LogP contribution in [-0.4, -0.2) is 50.2 Å². The maximum atomic E-state index is 11.8. The van der Waals surface area contributed by atoms with Gasteiger partial charge >= 0.3 is 0 Å². The number of hydrogen-bond donors (Lipinski definition) is 0. The van der Waals surface area contributed by atoms with E-state index in [1.165, 1.54) is 6.42 Å². The monoisotopic (exact) mass is 339 g/mol. The fourth-order valence-electron chi connectivity index (χ4n) is 2.75.